The number of aromatic nitrogens is 2. The van der Waals surface area contributed by atoms with E-state index >= 15 is 0 Å². The molecule has 0 radical (unpaired) electrons. The average molecular weight is 402 g/mol. The topological polar surface area (TPSA) is 39.4 Å². The van der Waals surface area contributed by atoms with Crippen LogP contribution >= 0.6 is 11.6 Å². The zero-order valence-corrected chi connectivity index (χ0v) is 17.0. The lowest BCUT2D eigenvalue weighted by Crippen LogP contribution is -2.01. The van der Waals surface area contributed by atoms with Gasteiger partial charge in [-0.05, 0) is 68.4 Å². The Morgan fingerprint density at radius 3 is 2.45 bits per heavy atom. The molecular formula is C24H20ClN3O. The van der Waals surface area contributed by atoms with Crippen molar-refractivity contribution >= 4 is 23.5 Å². The minimum absolute atomic E-state index is 0.581. The molecule has 0 aliphatic heterocycles. The summed E-state index contributed by atoms with van der Waals surface area (Å²) in [4.78, 5) is 9.06. The highest BCUT2D eigenvalue weighted by Crippen LogP contribution is 2.29. The summed E-state index contributed by atoms with van der Waals surface area (Å²) in [6.07, 6.45) is 3.68. The molecular weight excluding hydrogens is 382 g/mol. The van der Waals surface area contributed by atoms with Gasteiger partial charge in [0, 0.05) is 29.4 Å². The van der Waals surface area contributed by atoms with Gasteiger partial charge in [0.25, 0.3) is 0 Å². The van der Waals surface area contributed by atoms with Crippen molar-refractivity contribution in [1.82, 2.24) is 9.55 Å². The van der Waals surface area contributed by atoms with Crippen molar-refractivity contribution in [3.05, 3.63) is 101 Å². The predicted molar refractivity (Wildman–Crippen MR) is 118 cm³/mol. The molecule has 4 aromatic rings. The molecule has 144 valence electrons. The van der Waals surface area contributed by atoms with Crippen molar-refractivity contribution in [2.24, 2.45) is 4.99 Å². The van der Waals surface area contributed by atoms with Crippen molar-refractivity contribution in [3.63, 3.8) is 0 Å². The van der Waals surface area contributed by atoms with E-state index in [1.165, 1.54) is 0 Å². The van der Waals surface area contributed by atoms with Gasteiger partial charge in [-0.2, -0.15) is 0 Å². The number of para-hydroxylation sites is 1. The van der Waals surface area contributed by atoms with Gasteiger partial charge in [0.15, 0.2) is 0 Å². The quantitative estimate of drug-likeness (QED) is 0.349. The van der Waals surface area contributed by atoms with Crippen LogP contribution in [0.1, 0.15) is 17.0 Å². The van der Waals surface area contributed by atoms with Gasteiger partial charge >= 0.3 is 0 Å². The maximum Gasteiger partial charge on any atom is 0.146 e. The van der Waals surface area contributed by atoms with E-state index < -0.39 is 0 Å². The van der Waals surface area contributed by atoms with Gasteiger partial charge in [-0.1, -0.05) is 29.8 Å². The number of aliphatic imine (C=N–C) groups is 1. The first-order chi connectivity index (χ1) is 14.1. The van der Waals surface area contributed by atoms with Crippen molar-refractivity contribution in [1.29, 1.82) is 0 Å². The van der Waals surface area contributed by atoms with Gasteiger partial charge in [0.2, 0.25) is 0 Å². The van der Waals surface area contributed by atoms with E-state index in [2.05, 4.69) is 34.5 Å². The van der Waals surface area contributed by atoms with Crippen molar-refractivity contribution in [2.75, 3.05) is 0 Å². The lowest BCUT2D eigenvalue weighted by Gasteiger charge is -2.07. The first kappa shape index (κ1) is 19.0. The highest BCUT2D eigenvalue weighted by molar-refractivity contribution is 6.32. The van der Waals surface area contributed by atoms with Crippen molar-refractivity contribution < 1.29 is 4.74 Å². The molecule has 0 N–H and O–H groups in total. The van der Waals surface area contributed by atoms with E-state index in [1.807, 2.05) is 66.9 Å². The molecule has 0 unspecified atom stereocenters. The van der Waals surface area contributed by atoms with Gasteiger partial charge in [0.1, 0.15) is 17.3 Å². The summed E-state index contributed by atoms with van der Waals surface area (Å²) in [6, 6.07) is 23.0. The van der Waals surface area contributed by atoms with Gasteiger partial charge < -0.3 is 9.30 Å². The third-order valence-electron chi connectivity index (χ3n) is 4.60. The average Bonchev–Trinajstić information content (AvgIpc) is 3.03. The number of ether oxygens (including phenoxy) is 1. The third-order valence-corrected chi connectivity index (χ3v) is 4.91. The molecule has 0 amide bonds. The number of nitrogens with zero attached hydrogens (tertiary/aromatic N) is 3. The fraction of sp³-hybridized carbons (Fsp3) is 0.0833. The number of pyridine rings is 1. The summed E-state index contributed by atoms with van der Waals surface area (Å²) in [5.74, 6) is 2.25. The van der Waals surface area contributed by atoms with Crippen LogP contribution in [0.5, 0.6) is 11.5 Å². The monoisotopic (exact) mass is 401 g/mol. The third kappa shape index (κ3) is 4.23. The van der Waals surface area contributed by atoms with Gasteiger partial charge in [-0.15, -0.1) is 0 Å². The SMILES string of the molecule is Cc1cc(C=Nc2ccc(Oc3ccccc3Cl)cc2)c(C)n1-c1ccccn1. The van der Waals surface area contributed by atoms with E-state index in [4.69, 9.17) is 16.3 Å². The fourth-order valence-corrected chi connectivity index (χ4v) is 3.33. The standard InChI is InChI=1S/C24H20ClN3O/c1-17-15-19(18(2)28(17)24-9-5-6-14-26-24)16-27-20-10-12-21(13-11-20)29-23-8-4-3-7-22(23)25/h3-16H,1-2H3. The first-order valence-corrected chi connectivity index (χ1v) is 9.66. The molecule has 2 aromatic heterocycles. The van der Waals surface area contributed by atoms with E-state index in [0.29, 0.717) is 16.5 Å². The number of rotatable bonds is 5. The minimum atomic E-state index is 0.581. The largest absolute Gasteiger partial charge is 0.456 e. The second-order valence-corrected chi connectivity index (χ2v) is 7.04. The number of halogens is 1. The lowest BCUT2D eigenvalue weighted by molar-refractivity contribution is 0.483. The summed E-state index contributed by atoms with van der Waals surface area (Å²) in [7, 11) is 0. The molecule has 5 heteroatoms. The normalized spacial score (nSPS) is 11.1. The number of aryl methyl sites for hydroxylation is 1. The van der Waals surface area contributed by atoms with Crippen molar-refractivity contribution in [3.8, 4) is 17.3 Å². The first-order valence-electron chi connectivity index (χ1n) is 9.29. The molecule has 4 nitrogen and oxygen atoms in total. The molecule has 4 rings (SSSR count). The van der Waals surface area contributed by atoms with Crippen LogP contribution in [-0.4, -0.2) is 15.8 Å². The van der Waals surface area contributed by atoms with Crippen LogP contribution in [-0.2, 0) is 0 Å². The highest BCUT2D eigenvalue weighted by atomic mass is 35.5. The molecule has 2 heterocycles. The second-order valence-electron chi connectivity index (χ2n) is 6.63. The molecule has 0 bridgehead atoms. The molecule has 0 saturated heterocycles. The molecule has 29 heavy (non-hydrogen) atoms. The molecule has 0 fully saturated rings. The molecule has 0 aliphatic rings. The van der Waals surface area contributed by atoms with Crippen LogP contribution in [0.25, 0.3) is 5.82 Å². The second kappa shape index (κ2) is 8.33. The van der Waals surface area contributed by atoms with Crippen LogP contribution < -0.4 is 4.74 Å². The summed E-state index contributed by atoms with van der Waals surface area (Å²) < 4.78 is 7.95. The van der Waals surface area contributed by atoms with Crippen LogP contribution in [0.3, 0.4) is 0 Å². The molecule has 0 aliphatic carbocycles. The summed E-state index contributed by atoms with van der Waals surface area (Å²) in [5, 5.41) is 0.581. The fourth-order valence-electron chi connectivity index (χ4n) is 3.16. The lowest BCUT2D eigenvalue weighted by atomic mass is 10.2. The Labute approximate surface area is 175 Å². The maximum absolute atomic E-state index is 6.14. The van der Waals surface area contributed by atoms with Crippen LogP contribution in [0.4, 0.5) is 5.69 Å². The Bertz CT molecular complexity index is 1150. The van der Waals surface area contributed by atoms with Crippen LogP contribution in [0.2, 0.25) is 5.02 Å². The predicted octanol–water partition coefficient (Wildman–Crippen LogP) is 6.69. The van der Waals surface area contributed by atoms with E-state index in [1.54, 1.807) is 12.3 Å². The van der Waals surface area contributed by atoms with Gasteiger partial charge in [0.05, 0.1) is 10.7 Å². The Kier molecular flexibility index (Phi) is 5.45. The number of hydrogen-bond donors (Lipinski definition) is 0. The van der Waals surface area contributed by atoms with Crippen molar-refractivity contribution in [2.45, 2.75) is 13.8 Å². The Morgan fingerprint density at radius 1 is 0.966 bits per heavy atom. The smallest absolute Gasteiger partial charge is 0.146 e. The molecule has 0 saturated carbocycles. The highest BCUT2D eigenvalue weighted by Gasteiger charge is 2.10. The van der Waals surface area contributed by atoms with E-state index in [-0.39, 0.29) is 0 Å². The van der Waals surface area contributed by atoms with Gasteiger partial charge in [-0.25, -0.2) is 4.98 Å². The number of benzene rings is 2. The maximum atomic E-state index is 6.14. The minimum Gasteiger partial charge on any atom is -0.456 e. The molecule has 0 atom stereocenters. The Balaban J connectivity index is 1.52. The summed E-state index contributed by atoms with van der Waals surface area (Å²) >= 11 is 6.14. The van der Waals surface area contributed by atoms with E-state index in [9.17, 15) is 0 Å². The molecule has 0 spiro atoms. The molecule has 2 aromatic carbocycles. The Morgan fingerprint density at radius 2 is 1.72 bits per heavy atom. The zero-order chi connectivity index (χ0) is 20.2. The van der Waals surface area contributed by atoms with Crippen LogP contribution in [0.15, 0.2) is 84.0 Å². The van der Waals surface area contributed by atoms with Crippen LogP contribution in [0, 0.1) is 13.8 Å². The Hall–Kier alpha value is -3.37. The van der Waals surface area contributed by atoms with Gasteiger partial charge in [-0.3, -0.25) is 4.99 Å². The zero-order valence-electron chi connectivity index (χ0n) is 16.2. The summed E-state index contributed by atoms with van der Waals surface area (Å²) in [5.41, 5.74) is 4.12. The van der Waals surface area contributed by atoms with E-state index in [0.717, 1.165) is 28.5 Å². The number of hydrogen-bond acceptors (Lipinski definition) is 3. The summed E-state index contributed by atoms with van der Waals surface area (Å²) in [6.45, 7) is 4.14.